The van der Waals surface area contributed by atoms with Crippen LogP contribution in [0.25, 0.3) is 22.2 Å². The normalized spacial score (nSPS) is 10.9. The Kier molecular flexibility index (Phi) is 4.51. The second-order valence-electron chi connectivity index (χ2n) is 6.71. The van der Waals surface area contributed by atoms with Crippen molar-refractivity contribution in [2.24, 2.45) is 0 Å². The Labute approximate surface area is 173 Å². The summed E-state index contributed by atoms with van der Waals surface area (Å²) in [6.45, 7) is 0. The number of nitrogens with zero attached hydrogens (tertiary/aromatic N) is 2. The third-order valence-electron chi connectivity index (χ3n) is 4.82. The smallest absolute Gasteiger partial charge is 0.154 e. The van der Waals surface area contributed by atoms with Crippen LogP contribution in [0.2, 0.25) is 5.02 Å². The zero-order valence-corrected chi connectivity index (χ0v) is 16.3. The molecule has 0 aliphatic heterocycles. The molecule has 0 unspecified atom stereocenters. The van der Waals surface area contributed by atoms with Crippen molar-refractivity contribution in [1.82, 2.24) is 4.98 Å². The quantitative estimate of drug-likeness (QED) is 0.313. The molecule has 0 saturated heterocycles. The fraction of sp³-hybridized carbons (Fsp3) is 0. The summed E-state index contributed by atoms with van der Waals surface area (Å²) < 4.78 is 5.69. The molecule has 0 saturated carbocycles. The molecule has 29 heavy (non-hydrogen) atoms. The number of hydrogen-bond donors (Lipinski definition) is 0. The molecule has 0 atom stereocenters. The monoisotopic (exact) mass is 396 g/mol. The zero-order chi connectivity index (χ0) is 19.6. The van der Waals surface area contributed by atoms with Gasteiger partial charge in [-0.1, -0.05) is 60.1 Å². The summed E-state index contributed by atoms with van der Waals surface area (Å²) in [7, 11) is 0. The first-order valence-corrected chi connectivity index (χ1v) is 9.71. The van der Waals surface area contributed by atoms with Gasteiger partial charge in [-0.15, -0.1) is 0 Å². The van der Waals surface area contributed by atoms with Crippen molar-refractivity contribution >= 4 is 39.8 Å². The van der Waals surface area contributed by atoms with E-state index in [1.54, 1.807) is 18.5 Å². The van der Waals surface area contributed by atoms with E-state index in [2.05, 4.69) is 58.4 Å². The van der Waals surface area contributed by atoms with Gasteiger partial charge in [0, 0.05) is 34.9 Å². The van der Waals surface area contributed by atoms with Gasteiger partial charge < -0.3 is 9.32 Å². The molecule has 3 aromatic carbocycles. The highest BCUT2D eigenvalue weighted by Gasteiger charge is 2.15. The molecule has 0 aliphatic rings. The van der Waals surface area contributed by atoms with E-state index in [4.69, 9.17) is 16.0 Å². The lowest BCUT2D eigenvalue weighted by atomic mass is 10.1. The molecule has 5 aromatic rings. The summed E-state index contributed by atoms with van der Waals surface area (Å²) >= 11 is 6.05. The molecule has 0 amide bonds. The molecular formula is C25H17ClN2O. The first kappa shape index (κ1) is 17.5. The van der Waals surface area contributed by atoms with Gasteiger partial charge in [-0.3, -0.25) is 4.98 Å². The summed E-state index contributed by atoms with van der Waals surface area (Å²) in [4.78, 5) is 6.70. The van der Waals surface area contributed by atoms with Gasteiger partial charge in [-0.2, -0.15) is 0 Å². The van der Waals surface area contributed by atoms with Crippen LogP contribution in [0.1, 0.15) is 0 Å². The van der Waals surface area contributed by atoms with Crippen LogP contribution in [0.5, 0.6) is 0 Å². The second kappa shape index (κ2) is 7.46. The van der Waals surface area contributed by atoms with E-state index >= 15 is 0 Å². The number of rotatable bonds is 4. The third-order valence-corrected chi connectivity index (χ3v) is 5.03. The van der Waals surface area contributed by atoms with Gasteiger partial charge in [0.2, 0.25) is 0 Å². The van der Waals surface area contributed by atoms with Gasteiger partial charge in [0.25, 0.3) is 0 Å². The van der Waals surface area contributed by atoms with Crippen LogP contribution in [0, 0.1) is 0 Å². The summed E-state index contributed by atoms with van der Waals surface area (Å²) in [5, 5.41) is 0.562. The summed E-state index contributed by atoms with van der Waals surface area (Å²) in [5.74, 6) is 0. The molecule has 2 heterocycles. The molecule has 0 aliphatic carbocycles. The van der Waals surface area contributed by atoms with Crippen LogP contribution in [0.3, 0.4) is 0 Å². The number of benzene rings is 3. The average Bonchev–Trinajstić information content (AvgIpc) is 3.19. The number of pyridine rings is 1. The molecule has 3 nitrogen and oxygen atoms in total. The maximum absolute atomic E-state index is 6.05. The Hall–Kier alpha value is -3.56. The Morgan fingerprint density at radius 1 is 0.724 bits per heavy atom. The third kappa shape index (κ3) is 3.37. The molecule has 4 heteroatoms. The predicted molar refractivity (Wildman–Crippen MR) is 119 cm³/mol. The number of aromatic nitrogens is 1. The van der Waals surface area contributed by atoms with E-state index < -0.39 is 0 Å². The van der Waals surface area contributed by atoms with Crippen molar-refractivity contribution in [1.29, 1.82) is 0 Å². The van der Waals surface area contributed by atoms with Crippen LogP contribution in [-0.2, 0) is 0 Å². The van der Waals surface area contributed by atoms with Crippen molar-refractivity contribution in [3.63, 3.8) is 0 Å². The van der Waals surface area contributed by atoms with Crippen molar-refractivity contribution in [2.75, 3.05) is 4.90 Å². The SMILES string of the molecule is Clc1cnc2c(-c3cccc(N(c4ccccc4)c4ccccc4)c3)coc2c1. The molecule has 0 bridgehead atoms. The summed E-state index contributed by atoms with van der Waals surface area (Å²) in [6, 6.07) is 30.8. The van der Waals surface area contributed by atoms with E-state index in [9.17, 15) is 0 Å². The van der Waals surface area contributed by atoms with Crippen LogP contribution < -0.4 is 4.90 Å². The molecule has 2 aromatic heterocycles. The Balaban J connectivity index is 1.65. The van der Waals surface area contributed by atoms with E-state index in [0.29, 0.717) is 10.6 Å². The molecule has 0 spiro atoms. The molecule has 0 fully saturated rings. The first-order chi connectivity index (χ1) is 14.3. The van der Waals surface area contributed by atoms with E-state index in [-0.39, 0.29) is 0 Å². The molecule has 0 radical (unpaired) electrons. The maximum Gasteiger partial charge on any atom is 0.154 e. The minimum absolute atomic E-state index is 0.562. The van der Waals surface area contributed by atoms with Crippen molar-refractivity contribution in [2.45, 2.75) is 0 Å². The lowest BCUT2D eigenvalue weighted by molar-refractivity contribution is 0.616. The lowest BCUT2D eigenvalue weighted by Crippen LogP contribution is -2.09. The Morgan fingerprint density at radius 3 is 2.07 bits per heavy atom. The Bertz CT molecular complexity index is 1230. The summed E-state index contributed by atoms with van der Waals surface area (Å²) in [6.07, 6.45) is 3.38. The van der Waals surface area contributed by atoms with Crippen LogP contribution in [-0.4, -0.2) is 4.98 Å². The highest BCUT2D eigenvalue weighted by Crippen LogP contribution is 2.37. The largest absolute Gasteiger partial charge is 0.462 e. The van der Waals surface area contributed by atoms with Crippen molar-refractivity contribution in [3.8, 4) is 11.1 Å². The van der Waals surface area contributed by atoms with Gasteiger partial charge >= 0.3 is 0 Å². The fourth-order valence-electron chi connectivity index (χ4n) is 3.51. The fourth-order valence-corrected chi connectivity index (χ4v) is 3.66. The highest BCUT2D eigenvalue weighted by molar-refractivity contribution is 6.31. The maximum atomic E-state index is 6.05. The van der Waals surface area contributed by atoms with Gasteiger partial charge in [0.15, 0.2) is 5.58 Å². The minimum atomic E-state index is 0.562. The first-order valence-electron chi connectivity index (χ1n) is 9.33. The number of hydrogen-bond acceptors (Lipinski definition) is 3. The predicted octanol–water partition coefficient (Wildman–Crippen LogP) is 7.62. The molecule has 0 N–H and O–H groups in total. The molecule has 5 rings (SSSR count). The Morgan fingerprint density at radius 2 is 1.38 bits per heavy atom. The standard InChI is InChI=1S/C25H17ClN2O/c26-19-15-24-25(27-16-19)23(17-29-24)18-8-7-13-22(14-18)28(20-9-3-1-4-10-20)21-11-5-2-6-12-21/h1-17H. The number of furan rings is 1. The second-order valence-corrected chi connectivity index (χ2v) is 7.14. The lowest BCUT2D eigenvalue weighted by Gasteiger charge is -2.25. The average molecular weight is 397 g/mol. The molecule has 140 valence electrons. The van der Waals surface area contributed by atoms with Crippen LogP contribution in [0.15, 0.2) is 108 Å². The van der Waals surface area contributed by atoms with Crippen molar-refractivity contribution < 1.29 is 4.42 Å². The van der Waals surface area contributed by atoms with E-state index in [0.717, 1.165) is 33.7 Å². The molecular weight excluding hydrogens is 380 g/mol. The minimum Gasteiger partial charge on any atom is -0.462 e. The zero-order valence-electron chi connectivity index (χ0n) is 15.5. The number of anilines is 3. The van der Waals surface area contributed by atoms with Crippen LogP contribution >= 0.6 is 11.6 Å². The summed E-state index contributed by atoms with van der Waals surface area (Å²) in [5.41, 5.74) is 6.71. The van der Waals surface area contributed by atoms with Gasteiger partial charge in [-0.05, 0) is 42.0 Å². The van der Waals surface area contributed by atoms with Gasteiger partial charge in [0.1, 0.15) is 11.8 Å². The van der Waals surface area contributed by atoms with E-state index in [1.807, 2.05) is 36.4 Å². The van der Waals surface area contributed by atoms with Crippen LogP contribution in [0.4, 0.5) is 17.1 Å². The topological polar surface area (TPSA) is 29.3 Å². The van der Waals surface area contributed by atoms with Gasteiger partial charge in [0.05, 0.1) is 5.02 Å². The number of halogens is 1. The number of fused-ring (bicyclic) bond motifs is 1. The van der Waals surface area contributed by atoms with E-state index in [1.165, 1.54) is 0 Å². The number of para-hydroxylation sites is 2. The van der Waals surface area contributed by atoms with Crippen molar-refractivity contribution in [3.05, 3.63) is 108 Å². The van der Waals surface area contributed by atoms with Gasteiger partial charge in [-0.25, -0.2) is 0 Å². The highest BCUT2D eigenvalue weighted by atomic mass is 35.5.